The predicted molar refractivity (Wildman–Crippen MR) is 142 cm³/mol. The number of aromatic nitrogens is 2. The minimum atomic E-state index is -0.383. The van der Waals surface area contributed by atoms with Crippen LogP contribution in [-0.4, -0.2) is 16.6 Å². The lowest BCUT2D eigenvalue weighted by Crippen LogP contribution is -2.04. The number of hydrogen-bond donors (Lipinski definition) is 1. The van der Waals surface area contributed by atoms with E-state index in [-0.39, 0.29) is 12.4 Å². The molecule has 0 aliphatic carbocycles. The van der Waals surface area contributed by atoms with Crippen molar-refractivity contribution in [1.29, 1.82) is 5.26 Å². The highest BCUT2D eigenvalue weighted by molar-refractivity contribution is 6.35. The predicted octanol–water partition coefficient (Wildman–Crippen LogP) is 7.78. The van der Waals surface area contributed by atoms with Crippen molar-refractivity contribution < 1.29 is 13.9 Å². The molecule has 0 aliphatic rings. The van der Waals surface area contributed by atoms with E-state index in [2.05, 4.69) is 22.6 Å². The van der Waals surface area contributed by atoms with E-state index in [1.807, 2.05) is 19.1 Å². The summed E-state index contributed by atoms with van der Waals surface area (Å²) >= 11 is 12.3. The topological polar surface area (TPSA) is 70.9 Å². The van der Waals surface area contributed by atoms with E-state index in [4.69, 9.17) is 32.7 Å². The number of H-pyrrole nitrogens is 1. The number of nitriles is 1. The molecule has 1 N–H and O–H groups in total. The van der Waals surface area contributed by atoms with Crippen LogP contribution in [0.1, 0.15) is 29.4 Å². The summed E-state index contributed by atoms with van der Waals surface area (Å²) in [5.41, 5.74) is 3.70. The molecule has 0 atom stereocenters. The molecule has 0 aliphatic heterocycles. The van der Waals surface area contributed by atoms with Gasteiger partial charge in [-0.25, -0.2) is 9.37 Å². The van der Waals surface area contributed by atoms with Crippen molar-refractivity contribution in [3.05, 3.63) is 99.6 Å². The van der Waals surface area contributed by atoms with Crippen LogP contribution in [0.25, 0.3) is 22.7 Å². The monoisotopic (exact) mass is 521 g/mol. The van der Waals surface area contributed by atoms with Gasteiger partial charge in [-0.3, -0.25) is 0 Å². The minimum absolute atomic E-state index is 0.217. The Morgan fingerprint density at radius 2 is 1.97 bits per heavy atom. The number of aromatic amines is 1. The van der Waals surface area contributed by atoms with E-state index in [0.717, 1.165) is 16.7 Å². The fourth-order valence-electron chi connectivity index (χ4n) is 3.72. The minimum Gasteiger partial charge on any atom is -0.490 e. The van der Waals surface area contributed by atoms with E-state index >= 15 is 0 Å². The van der Waals surface area contributed by atoms with E-state index < -0.39 is 0 Å². The summed E-state index contributed by atoms with van der Waals surface area (Å²) < 4.78 is 25.6. The SMILES string of the molecule is C=CCc1cc(/C=C(/C#N)c2nc3ccc(F)cc3[nH]2)cc(OCC)c1OCc1ccc(Cl)cc1Cl. The number of nitrogens with zero attached hydrogens (tertiary/aromatic N) is 2. The normalized spacial score (nSPS) is 11.4. The zero-order valence-corrected chi connectivity index (χ0v) is 21.0. The molecule has 0 saturated carbocycles. The van der Waals surface area contributed by atoms with Crippen molar-refractivity contribution in [2.45, 2.75) is 20.0 Å². The van der Waals surface area contributed by atoms with Crippen LogP contribution >= 0.6 is 23.2 Å². The van der Waals surface area contributed by atoms with Gasteiger partial charge in [-0.15, -0.1) is 6.58 Å². The summed E-state index contributed by atoms with van der Waals surface area (Å²) in [4.78, 5) is 7.44. The summed E-state index contributed by atoms with van der Waals surface area (Å²) in [7, 11) is 0. The Labute approximate surface area is 218 Å². The summed E-state index contributed by atoms with van der Waals surface area (Å²) in [6.45, 7) is 6.37. The molecular weight excluding hydrogens is 500 g/mol. The first-order valence-corrected chi connectivity index (χ1v) is 11.9. The zero-order valence-electron chi connectivity index (χ0n) is 19.4. The lowest BCUT2D eigenvalue weighted by Gasteiger charge is -2.17. The molecule has 0 fully saturated rings. The first-order valence-electron chi connectivity index (χ1n) is 11.2. The van der Waals surface area contributed by atoms with Crippen molar-refractivity contribution in [2.24, 2.45) is 0 Å². The third-order valence-electron chi connectivity index (χ3n) is 5.34. The van der Waals surface area contributed by atoms with Gasteiger partial charge in [0.2, 0.25) is 0 Å². The smallest absolute Gasteiger partial charge is 0.165 e. The Hall–Kier alpha value is -3.79. The maximum atomic E-state index is 13.6. The van der Waals surface area contributed by atoms with Gasteiger partial charge in [0.15, 0.2) is 11.5 Å². The van der Waals surface area contributed by atoms with Crippen molar-refractivity contribution in [3.63, 3.8) is 0 Å². The second-order valence-corrected chi connectivity index (χ2v) is 8.72. The molecule has 4 rings (SSSR count). The van der Waals surface area contributed by atoms with Crippen LogP contribution in [0.5, 0.6) is 11.5 Å². The van der Waals surface area contributed by atoms with Crippen LogP contribution in [0.4, 0.5) is 4.39 Å². The number of benzene rings is 3. The second-order valence-electron chi connectivity index (χ2n) is 7.87. The number of rotatable bonds is 9. The summed E-state index contributed by atoms with van der Waals surface area (Å²) in [5.74, 6) is 1.06. The third-order valence-corrected chi connectivity index (χ3v) is 5.92. The highest BCUT2D eigenvalue weighted by atomic mass is 35.5. The molecule has 5 nitrogen and oxygen atoms in total. The molecule has 0 saturated heterocycles. The molecule has 4 aromatic rings. The maximum Gasteiger partial charge on any atom is 0.165 e. The summed E-state index contributed by atoms with van der Waals surface area (Å²) in [6, 6.07) is 15.3. The largest absolute Gasteiger partial charge is 0.490 e. The number of imidazole rings is 1. The van der Waals surface area contributed by atoms with Gasteiger partial charge in [0.1, 0.15) is 24.3 Å². The fourth-order valence-corrected chi connectivity index (χ4v) is 4.18. The third kappa shape index (κ3) is 5.71. The second kappa shape index (κ2) is 11.3. The lowest BCUT2D eigenvalue weighted by atomic mass is 10.0. The van der Waals surface area contributed by atoms with Gasteiger partial charge in [0.25, 0.3) is 0 Å². The van der Waals surface area contributed by atoms with E-state index in [9.17, 15) is 9.65 Å². The van der Waals surface area contributed by atoms with Crippen molar-refractivity contribution in [2.75, 3.05) is 6.61 Å². The molecule has 36 heavy (non-hydrogen) atoms. The molecule has 1 aromatic heterocycles. The highest BCUT2D eigenvalue weighted by Gasteiger charge is 2.16. The number of hydrogen-bond acceptors (Lipinski definition) is 4. The Kier molecular flexibility index (Phi) is 7.94. The van der Waals surface area contributed by atoms with E-state index in [1.165, 1.54) is 12.1 Å². The number of halogens is 3. The molecule has 1 heterocycles. The van der Waals surface area contributed by atoms with Crippen LogP contribution in [0.3, 0.4) is 0 Å². The number of ether oxygens (including phenoxy) is 2. The van der Waals surface area contributed by atoms with Crippen LogP contribution < -0.4 is 9.47 Å². The average Bonchev–Trinajstić information content (AvgIpc) is 3.26. The van der Waals surface area contributed by atoms with Gasteiger partial charge in [-0.1, -0.05) is 35.3 Å². The highest BCUT2D eigenvalue weighted by Crippen LogP contribution is 2.36. The molecule has 0 amide bonds. The molecule has 8 heteroatoms. The van der Waals surface area contributed by atoms with Crippen molar-refractivity contribution in [1.82, 2.24) is 9.97 Å². The quantitative estimate of drug-likeness (QED) is 0.180. The molecule has 0 radical (unpaired) electrons. The Morgan fingerprint density at radius 1 is 1.14 bits per heavy atom. The molecule has 0 unspecified atom stereocenters. The lowest BCUT2D eigenvalue weighted by molar-refractivity contribution is 0.267. The van der Waals surface area contributed by atoms with Crippen LogP contribution in [0, 0.1) is 17.1 Å². The van der Waals surface area contributed by atoms with Crippen molar-refractivity contribution >= 4 is 45.9 Å². The number of allylic oxidation sites excluding steroid dienone is 2. The van der Waals surface area contributed by atoms with Gasteiger partial charge < -0.3 is 14.5 Å². The van der Waals surface area contributed by atoms with Crippen LogP contribution in [0.2, 0.25) is 10.0 Å². The fraction of sp³-hybridized carbons (Fsp3) is 0.143. The van der Waals surface area contributed by atoms with Crippen molar-refractivity contribution in [3.8, 4) is 17.6 Å². The first-order chi connectivity index (χ1) is 17.4. The van der Waals surface area contributed by atoms with E-state index in [1.54, 1.807) is 36.4 Å². The van der Waals surface area contributed by atoms with Crippen LogP contribution in [-0.2, 0) is 13.0 Å². The van der Waals surface area contributed by atoms with Crippen LogP contribution in [0.15, 0.2) is 61.2 Å². The molecule has 182 valence electrons. The van der Waals surface area contributed by atoms with Gasteiger partial charge in [0, 0.05) is 21.2 Å². The Morgan fingerprint density at radius 3 is 2.69 bits per heavy atom. The molecule has 0 bridgehead atoms. The number of nitrogens with one attached hydrogen (secondary N) is 1. The Bertz CT molecular complexity index is 1500. The Balaban J connectivity index is 1.72. The summed E-state index contributed by atoms with van der Waals surface area (Å²) in [6.07, 6.45) is 3.97. The first kappa shape index (κ1) is 25.3. The zero-order chi connectivity index (χ0) is 25.7. The van der Waals surface area contributed by atoms with Gasteiger partial charge in [0.05, 0.1) is 23.2 Å². The number of fused-ring (bicyclic) bond motifs is 1. The average molecular weight is 522 g/mol. The molecule has 3 aromatic carbocycles. The molecular formula is C28H22Cl2FN3O2. The maximum absolute atomic E-state index is 13.6. The van der Waals surface area contributed by atoms with E-state index in [0.29, 0.717) is 57.0 Å². The standard InChI is InChI=1S/C28H22Cl2FN3O2/c1-3-5-18-10-17(11-20(15-32)28-33-24-9-8-22(31)14-25(24)34-28)12-26(35-4-2)27(18)36-16-19-6-7-21(29)13-23(19)30/h3,6-14H,1,4-5,16H2,2H3,(H,33,34)/b20-11-. The molecule has 0 spiro atoms. The van der Waals surface area contributed by atoms with Gasteiger partial charge >= 0.3 is 0 Å². The summed E-state index contributed by atoms with van der Waals surface area (Å²) in [5, 5.41) is 10.9. The van der Waals surface area contributed by atoms with Gasteiger partial charge in [-0.2, -0.15) is 5.26 Å². The van der Waals surface area contributed by atoms with Gasteiger partial charge in [-0.05, 0) is 67.4 Å².